The minimum absolute atomic E-state index is 0.161. The summed E-state index contributed by atoms with van der Waals surface area (Å²) in [7, 11) is -3.53. The summed E-state index contributed by atoms with van der Waals surface area (Å²) >= 11 is 0. The third-order valence-electron chi connectivity index (χ3n) is 4.65. The number of nitrogens with zero attached hydrogens (tertiary/aromatic N) is 1. The molecular formula is C19H30N2O3S. The van der Waals surface area contributed by atoms with Crippen LogP contribution in [0.2, 0.25) is 0 Å². The van der Waals surface area contributed by atoms with Crippen molar-refractivity contribution in [2.45, 2.75) is 64.8 Å². The van der Waals surface area contributed by atoms with E-state index in [0.29, 0.717) is 5.69 Å². The number of amides is 1. The maximum Gasteiger partial charge on any atom is 0.240 e. The molecule has 1 aliphatic carbocycles. The fraction of sp³-hybridized carbons (Fsp3) is 0.632. The standard InChI is InChI=1S/C19H30N2O3S/c1-15-11-16(2)13-18(12-15)21(25(3,23)24)14-19(22)20-17-9-7-5-4-6-8-10-17/h11-13,17H,4-10,14H2,1-3H3,(H,20,22). The van der Waals surface area contributed by atoms with Crippen LogP contribution < -0.4 is 9.62 Å². The summed E-state index contributed by atoms with van der Waals surface area (Å²) in [6.07, 6.45) is 9.05. The highest BCUT2D eigenvalue weighted by Crippen LogP contribution is 2.21. The SMILES string of the molecule is Cc1cc(C)cc(N(CC(=O)NC2CCCCCCC2)S(C)(=O)=O)c1. The quantitative estimate of drug-likeness (QED) is 0.869. The monoisotopic (exact) mass is 366 g/mol. The van der Waals surface area contributed by atoms with Gasteiger partial charge < -0.3 is 5.32 Å². The second-order valence-electron chi connectivity index (χ2n) is 7.23. The molecule has 0 aromatic heterocycles. The molecule has 140 valence electrons. The zero-order chi connectivity index (χ0) is 18.4. The minimum atomic E-state index is -3.53. The molecule has 6 heteroatoms. The molecule has 1 aromatic carbocycles. The summed E-state index contributed by atoms with van der Waals surface area (Å²) in [5.74, 6) is -0.227. The molecule has 2 rings (SSSR count). The molecule has 1 N–H and O–H groups in total. The van der Waals surface area contributed by atoms with Crippen molar-refractivity contribution in [3.8, 4) is 0 Å². The van der Waals surface area contributed by atoms with E-state index in [0.717, 1.165) is 43.1 Å². The summed E-state index contributed by atoms with van der Waals surface area (Å²) in [4.78, 5) is 12.5. The van der Waals surface area contributed by atoms with Crippen molar-refractivity contribution in [1.29, 1.82) is 0 Å². The third-order valence-corrected chi connectivity index (χ3v) is 5.79. The lowest BCUT2D eigenvalue weighted by Crippen LogP contribution is -2.44. The number of sulfonamides is 1. The Morgan fingerprint density at radius 1 is 1.04 bits per heavy atom. The Balaban J connectivity index is 2.10. The van der Waals surface area contributed by atoms with Crippen LogP contribution in [0.3, 0.4) is 0 Å². The van der Waals surface area contributed by atoms with Gasteiger partial charge in [-0.05, 0) is 49.9 Å². The van der Waals surface area contributed by atoms with Gasteiger partial charge >= 0.3 is 0 Å². The molecular weight excluding hydrogens is 336 g/mol. The lowest BCUT2D eigenvalue weighted by Gasteiger charge is -2.25. The molecule has 5 nitrogen and oxygen atoms in total. The zero-order valence-corrected chi connectivity index (χ0v) is 16.4. The fourth-order valence-corrected chi connectivity index (χ4v) is 4.34. The van der Waals surface area contributed by atoms with Crippen LogP contribution in [0.25, 0.3) is 0 Å². The Labute approximate surface area is 151 Å². The molecule has 1 aromatic rings. The van der Waals surface area contributed by atoms with E-state index >= 15 is 0 Å². The molecule has 0 radical (unpaired) electrons. The summed E-state index contributed by atoms with van der Waals surface area (Å²) in [6, 6.07) is 5.75. The first-order valence-electron chi connectivity index (χ1n) is 9.11. The van der Waals surface area contributed by atoms with Crippen LogP contribution >= 0.6 is 0 Å². The molecule has 0 heterocycles. The Hall–Kier alpha value is -1.56. The Morgan fingerprint density at radius 2 is 1.56 bits per heavy atom. The van der Waals surface area contributed by atoms with Gasteiger partial charge in [0.25, 0.3) is 0 Å². The van der Waals surface area contributed by atoms with Crippen molar-refractivity contribution in [2.75, 3.05) is 17.1 Å². The molecule has 0 unspecified atom stereocenters. The number of aryl methyl sites for hydroxylation is 2. The molecule has 1 amide bonds. The number of nitrogens with one attached hydrogen (secondary N) is 1. The van der Waals surface area contributed by atoms with Gasteiger partial charge in [-0.1, -0.05) is 38.2 Å². The first kappa shape index (κ1) is 19.8. The zero-order valence-electron chi connectivity index (χ0n) is 15.5. The average molecular weight is 367 g/mol. The van der Waals surface area contributed by atoms with E-state index in [1.54, 1.807) is 12.1 Å². The summed E-state index contributed by atoms with van der Waals surface area (Å²) in [5, 5.41) is 3.04. The minimum Gasteiger partial charge on any atom is -0.352 e. The van der Waals surface area contributed by atoms with E-state index in [-0.39, 0.29) is 18.5 Å². The fourth-order valence-electron chi connectivity index (χ4n) is 3.50. The van der Waals surface area contributed by atoms with Gasteiger partial charge in [0, 0.05) is 6.04 Å². The van der Waals surface area contributed by atoms with Crippen molar-refractivity contribution in [2.24, 2.45) is 0 Å². The van der Waals surface area contributed by atoms with Crippen molar-refractivity contribution in [3.05, 3.63) is 29.3 Å². The lowest BCUT2D eigenvalue weighted by atomic mass is 9.97. The Morgan fingerprint density at radius 3 is 2.08 bits per heavy atom. The van der Waals surface area contributed by atoms with E-state index in [2.05, 4.69) is 5.32 Å². The van der Waals surface area contributed by atoms with E-state index in [1.165, 1.54) is 23.6 Å². The molecule has 0 bridgehead atoms. The molecule has 1 aliphatic rings. The second kappa shape index (κ2) is 8.70. The highest BCUT2D eigenvalue weighted by molar-refractivity contribution is 7.92. The molecule has 1 fully saturated rings. The van der Waals surface area contributed by atoms with Gasteiger partial charge in [-0.25, -0.2) is 8.42 Å². The van der Waals surface area contributed by atoms with Gasteiger partial charge in [0.15, 0.2) is 0 Å². The normalized spacial score (nSPS) is 16.8. The first-order valence-corrected chi connectivity index (χ1v) is 11.0. The van der Waals surface area contributed by atoms with Crippen LogP contribution in [-0.2, 0) is 14.8 Å². The van der Waals surface area contributed by atoms with E-state index in [9.17, 15) is 13.2 Å². The van der Waals surface area contributed by atoms with Crippen LogP contribution in [0.5, 0.6) is 0 Å². The van der Waals surface area contributed by atoms with Gasteiger partial charge in [-0.2, -0.15) is 0 Å². The van der Waals surface area contributed by atoms with Gasteiger partial charge in [0.2, 0.25) is 15.9 Å². The second-order valence-corrected chi connectivity index (χ2v) is 9.13. The number of carbonyl (C=O) groups is 1. The van der Waals surface area contributed by atoms with Crippen molar-refractivity contribution < 1.29 is 13.2 Å². The molecule has 0 spiro atoms. The molecule has 0 saturated heterocycles. The van der Waals surface area contributed by atoms with E-state index < -0.39 is 10.0 Å². The third kappa shape index (κ3) is 6.34. The first-order chi connectivity index (χ1) is 11.8. The average Bonchev–Trinajstić information content (AvgIpc) is 2.45. The topological polar surface area (TPSA) is 66.5 Å². The maximum atomic E-state index is 12.5. The number of rotatable bonds is 5. The number of hydrogen-bond donors (Lipinski definition) is 1. The van der Waals surface area contributed by atoms with Crippen molar-refractivity contribution in [3.63, 3.8) is 0 Å². The van der Waals surface area contributed by atoms with Crippen LogP contribution in [0, 0.1) is 13.8 Å². The smallest absolute Gasteiger partial charge is 0.240 e. The highest BCUT2D eigenvalue weighted by atomic mass is 32.2. The van der Waals surface area contributed by atoms with Gasteiger partial charge in [0.05, 0.1) is 11.9 Å². The summed E-state index contributed by atoms with van der Waals surface area (Å²) in [6.45, 7) is 3.68. The molecule has 0 atom stereocenters. The van der Waals surface area contributed by atoms with Crippen LogP contribution in [0.4, 0.5) is 5.69 Å². The maximum absolute atomic E-state index is 12.5. The van der Waals surface area contributed by atoms with E-state index in [1.807, 2.05) is 19.9 Å². The van der Waals surface area contributed by atoms with Crippen LogP contribution in [-0.4, -0.2) is 33.2 Å². The molecule has 25 heavy (non-hydrogen) atoms. The van der Waals surface area contributed by atoms with Gasteiger partial charge in [-0.15, -0.1) is 0 Å². The van der Waals surface area contributed by atoms with E-state index in [4.69, 9.17) is 0 Å². The van der Waals surface area contributed by atoms with Crippen LogP contribution in [0.1, 0.15) is 56.1 Å². The predicted molar refractivity (Wildman–Crippen MR) is 102 cm³/mol. The van der Waals surface area contributed by atoms with Crippen LogP contribution in [0.15, 0.2) is 18.2 Å². The number of benzene rings is 1. The van der Waals surface area contributed by atoms with Crippen molar-refractivity contribution in [1.82, 2.24) is 5.32 Å². The Kier molecular flexibility index (Phi) is 6.87. The largest absolute Gasteiger partial charge is 0.352 e. The van der Waals surface area contributed by atoms with Crippen molar-refractivity contribution >= 4 is 21.6 Å². The Bertz CT molecular complexity index is 672. The molecule has 1 saturated carbocycles. The molecule has 0 aliphatic heterocycles. The predicted octanol–water partition coefficient (Wildman–Crippen LogP) is 3.30. The summed E-state index contributed by atoms with van der Waals surface area (Å²) in [5.41, 5.74) is 2.50. The number of carbonyl (C=O) groups excluding carboxylic acids is 1. The number of anilines is 1. The van der Waals surface area contributed by atoms with Gasteiger partial charge in [0.1, 0.15) is 6.54 Å². The lowest BCUT2D eigenvalue weighted by molar-refractivity contribution is -0.120. The summed E-state index contributed by atoms with van der Waals surface area (Å²) < 4.78 is 25.7. The van der Waals surface area contributed by atoms with Gasteiger partial charge in [-0.3, -0.25) is 9.10 Å². The number of hydrogen-bond acceptors (Lipinski definition) is 3. The highest BCUT2D eigenvalue weighted by Gasteiger charge is 2.23.